The molecule has 0 bridgehead atoms. The smallest absolute Gasteiger partial charge is 0.196 e. The Labute approximate surface area is 182 Å². The summed E-state index contributed by atoms with van der Waals surface area (Å²) in [5, 5.41) is 4.02. The predicted molar refractivity (Wildman–Crippen MR) is 124 cm³/mol. The molecule has 0 N–H and O–H groups in total. The standard InChI is InChI=1S/C26H13Cl2NO/c27-20-12-10-15(13-21(20)28)22-19-11-9-14-5-1-2-6-16(14)24(19)29-25-17-7-3-4-8-18(17)26(30)23(22)25/h1-13H. The lowest BCUT2D eigenvalue weighted by Crippen LogP contribution is -2.01. The second-order valence-electron chi connectivity index (χ2n) is 7.40. The summed E-state index contributed by atoms with van der Waals surface area (Å²) in [5.41, 5.74) is 5.47. The molecule has 2 nitrogen and oxygen atoms in total. The second kappa shape index (κ2) is 6.40. The van der Waals surface area contributed by atoms with Crippen LogP contribution in [0.25, 0.3) is 44.1 Å². The van der Waals surface area contributed by atoms with E-state index in [1.807, 2.05) is 54.6 Å². The van der Waals surface area contributed by atoms with Crippen molar-refractivity contribution in [2.75, 3.05) is 0 Å². The number of halogens is 2. The molecule has 1 heterocycles. The maximum absolute atomic E-state index is 13.4. The van der Waals surface area contributed by atoms with Gasteiger partial charge in [0.2, 0.25) is 0 Å². The Kier molecular flexibility index (Phi) is 3.76. The number of ketones is 1. The molecule has 0 saturated carbocycles. The van der Waals surface area contributed by atoms with Crippen molar-refractivity contribution in [3.8, 4) is 22.4 Å². The number of carbonyl (C=O) groups is 1. The van der Waals surface area contributed by atoms with E-state index < -0.39 is 0 Å². The van der Waals surface area contributed by atoms with Crippen LogP contribution in [0.5, 0.6) is 0 Å². The molecule has 5 aromatic rings. The fourth-order valence-electron chi connectivity index (χ4n) is 4.39. The largest absolute Gasteiger partial charge is 0.288 e. The van der Waals surface area contributed by atoms with E-state index in [0.717, 1.165) is 44.1 Å². The average Bonchev–Trinajstić information content (AvgIpc) is 3.06. The Hall–Kier alpha value is -3.20. The van der Waals surface area contributed by atoms with Gasteiger partial charge in [0.1, 0.15) is 0 Å². The summed E-state index contributed by atoms with van der Waals surface area (Å²) in [6, 6.07) is 25.4. The molecule has 1 aliphatic carbocycles. The molecule has 0 radical (unpaired) electrons. The number of rotatable bonds is 1. The highest BCUT2D eigenvalue weighted by atomic mass is 35.5. The highest BCUT2D eigenvalue weighted by Crippen LogP contribution is 2.45. The Morgan fingerprint density at radius 3 is 2.27 bits per heavy atom. The second-order valence-corrected chi connectivity index (χ2v) is 8.21. The van der Waals surface area contributed by atoms with Gasteiger partial charge in [0.25, 0.3) is 0 Å². The summed E-state index contributed by atoms with van der Waals surface area (Å²) in [6.45, 7) is 0. The molecule has 0 amide bonds. The summed E-state index contributed by atoms with van der Waals surface area (Å²) in [4.78, 5) is 18.5. The molecular formula is C26H13Cl2NO. The van der Waals surface area contributed by atoms with Crippen molar-refractivity contribution in [2.24, 2.45) is 0 Å². The first kappa shape index (κ1) is 17.6. The van der Waals surface area contributed by atoms with E-state index in [2.05, 4.69) is 18.2 Å². The Bertz CT molecular complexity index is 1540. The lowest BCUT2D eigenvalue weighted by molar-refractivity contribution is 0.104. The topological polar surface area (TPSA) is 30.0 Å². The minimum Gasteiger partial charge on any atom is -0.288 e. The minimum absolute atomic E-state index is 0.00997. The van der Waals surface area contributed by atoms with Crippen LogP contribution in [0.2, 0.25) is 10.0 Å². The number of nitrogens with zero attached hydrogens (tertiary/aromatic N) is 1. The van der Waals surface area contributed by atoms with E-state index in [4.69, 9.17) is 28.2 Å². The molecule has 0 atom stereocenters. The summed E-state index contributed by atoms with van der Waals surface area (Å²) in [7, 11) is 0. The monoisotopic (exact) mass is 425 g/mol. The number of aromatic nitrogens is 1. The van der Waals surface area contributed by atoms with Crippen LogP contribution < -0.4 is 0 Å². The van der Waals surface area contributed by atoms with Crippen LogP contribution in [0.4, 0.5) is 0 Å². The van der Waals surface area contributed by atoms with E-state index in [-0.39, 0.29) is 5.78 Å². The third kappa shape index (κ3) is 2.38. The van der Waals surface area contributed by atoms with Crippen LogP contribution in [0.3, 0.4) is 0 Å². The van der Waals surface area contributed by atoms with Gasteiger partial charge in [-0.2, -0.15) is 0 Å². The minimum atomic E-state index is -0.00997. The van der Waals surface area contributed by atoms with Gasteiger partial charge in [-0.05, 0) is 23.1 Å². The van der Waals surface area contributed by atoms with Gasteiger partial charge in [-0.25, -0.2) is 4.98 Å². The average molecular weight is 426 g/mol. The van der Waals surface area contributed by atoms with Crippen LogP contribution in [0.15, 0.2) is 78.9 Å². The van der Waals surface area contributed by atoms with E-state index in [1.54, 1.807) is 6.07 Å². The third-order valence-corrected chi connectivity index (χ3v) is 6.48. The van der Waals surface area contributed by atoms with Crippen LogP contribution in [-0.2, 0) is 0 Å². The summed E-state index contributed by atoms with van der Waals surface area (Å²) in [5.74, 6) is -0.00997. The van der Waals surface area contributed by atoms with Crippen molar-refractivity contribution in [1.29, 1.82) is 0 Å². The summed E-state index contributed by atoms with van der Waals surface area (Å²) in [6.07, 6.45) is 0. The van der Waals surface area contributed by atoms with Crippen molar-refractivity contribution in [1.82, 2.24) is 4.98 Å². The molecule has 0 spiro atoms. The number of fused-ring (bicyclic) bond motifs is 6. The fourth-order valence-corrected chi connectivity index (χ4v) is 4.69. The molecule has 142 valence electrons. The van der Waals surface area contributed by atoms with Crippen molar-refractivity contribution < 1.29 is 4.79 Å². The van der Waals surface area contributed by atoms with Gasteiger partial charge in [0.15, 0.2) is 5.78 Å². The molecular weight excluding hydrogens is 413 g/mol. The van der Waals surface area contributed by atoms with Gasteiger partial charge in [-0.3, -0.25) is 4.79 Å². The molecule has 0 fully saturated rings. The molecule has 6 rings (SSSR count). The zero-order valence-corrected chi connectivity index (χ0v) is 17.1. The highest BCUT2D eigenvalue weighted by Gasteiger charge is 2.32. The summed E-state index contributed by atoms with van der Waals surface area (Å²) >= 11 is 12.5. The molecule has 4 heteroatoms. The maximum atomic E-state index is 13.4. The number of carbonyl (C=O) groups excluding carboxylic acids is 1. The number of hydrogen-bond acceptors (Lipinski definition) is 2. The first-order valence-electron chi connectivity index (χ1n) is 9.58. The Morgan fingerprint density at radius 1 is 0.667 bits per heavy atom. The number of benzene rings is 4. The van der Waals surface area contributed by atoms with Crippen molar-refractivity contribution in [2.45, 2.75) is 0 Å². The van der Waals surface area contributed by atoms with Gasteiger partial charge >= 0.3 is 0 Å². The normalized spacial score (nSPS) is 12.4. The maximum Gasteiger partial charge on any atom is 0.196 e. The van der Waals surface area contributed by atoms with Crippen LogP contribution >= 0.6 is 23.2 Å². The van der Waals surface area contributed by atoms with Crippen LogP contribution in [0, 0.1) is 0 Å². The Balaban J connectivity index is 1.83. The lowest BCUT2D eigenvalue weighted by atomic mass is 9.92. The summed E-state index contributed by atoms with van der Waals surface area (Å²) < 4.78 is 0. The van der Waals surface area contributed by atoms with Crippen molar-refractivity contribution >= 4 is 50.7 Å². The molecule has 0 saturated heterocycles. The molecule has 1 aromatic heterocycles. The van der Waals surface area contributed by atoms with E-state index in [0.29, 0.717) is 21.2 Å². The van der Waals surface area contributed by atoms with Gasteiger partial charge in [0.05, 0.1) is 26.8 Å². The van der Waals surface area contributed by atoms with E-state index in [1.165, 1.54) is 0 Å². The number of pyridine rings is 1. The highest BCUT2D eigenvalue weighted by molar-refractivity contribution is 6.42. The third-order valence-electron chi connectivity index (χ3n) is 5.74. The van der Waals surface area contributed by atoms with Crippen molar-refractivity contribution in [3.63, 3.8) is 0 Å². The lowest BCUT2D eigenvalue weighted by Gasteiger charge is -2.14. The Morgan fingerprint density at radius 2 is 1.43 bits per heavy atom. The molecule has 0 aliphatic heterocycles. The zero-order valence-electron chi connectivity index (χ0n) is 15.6. The fraction of sp³-hybridized carbons (Fsp3) is 0. The van der Waals surface area contributed by atoms with Gasteiger partial charge < -0.3 is 0 Å². The molecule has 4 aromatic carbocycles. The molecule has 0 unspecified atom stereocenters. The zero-order chi connectivity index (χ0) is 20.4. The molecule has 30 heavy (non-hydrogen) atoms. The van der Waals surface area contributed by atoms with Gasteiger partial charge in [-0.15, -0.1) is 0 Å². The van der Waals surface area contributed by atoms with Crippen molar-refractivity contribution in [3.05, 3.63) is 100 Å². The first-order valence-corrected chi connectivity index (χ1v) is 10.3. The number of hydrogen-bond donors (Lipinski definition) is 0. The SMILES string of the molecule is O=C1c2ccccc2-c2nc3c(ccc4ccccc43)c(-c3ccc(Cl)c(Cl)c3)c21. The quantitative estimate of drug-likeness (QED) is 0.254. The van der Waals surface area contributed by atoms with E-state index >= 15 is 0 Å². The van der Waals surface area contributed by atoms with Crippen LogP contribution in [-0.4, -0.2) is 10.8 Å². The molecule has 1 aliphatic rings. The van der Waals surface area contributed by atoms with Crippen LogP contribution in [0.1, 0.15) is 15.9 Å². The first-order chi connectivity index (χ1) is 14.6. The van der Waals surface area contributed by atoms with Gasteiger partial charge in [0, 0.05) is 27.5 Å². The predicted octanol–water partition coefficient (Wildman–Crippen LogP) is 7.57. The van der Waals surface area contributed by atoms with Gasteiger partial charge in [-0.1, -0.05) is 89.9 Å². The van der Waals surface area contributed by atoms with E-state index in [9.17, 15) is 4.79 Å².